The summed E-state index contributed by atoms with van der Waals surface area (Å²) in [6.07, 6.45) is -0.543. The van der Waals surface area contributed by atoms with Crippen LogP contribution in [0, 0.1) is 5.92 Å². The lowest BCUT2D eigenvalue weighted by Gasteiger charge is -2.22. The Hall–Kier alpha value is 0.200. The average molecular weight is 329 g/mol. The Bertz CT molecular complexity index is 347. The van der Waals surface area contributed by atoms with Crippen LogP contribution < -0.4 is 5.73 Å². The smallest absolute Gasteiger partial charge is 0.0755 e. The molecule has 0 radical (unpaired) electrons. The number of halogens is 3. The molecule has 2 nitrogen and oxygen atoms in total. The minimum Gasteiger partial charge on any atom is -0.391 e. The number of hydrogen-bond acceptors (Lipinski definition) is 2. The lowest BCUT2D eigenvalue weighted by molar-refractivity contribution is 0.0979. The standard InChI is InChI=1S/C11H15BrClNO.ClH/c1-6(2)11(15)10(14)7-3-4-9(13)8(12)5-7;/h3-6,10-11,15H,14H2,1-2H3;1H/t10-,11+;/m0./s1. The SMILES string of the molecule is CC(C)[C@@H](O)[C@@H](N)c1ccc(Cl)c(Br)c1.Cl. The highest BCUT2D eigenvalue weighted by molar-refractivity contribution is 9.10. The lowest BCUT2D eigenvalue weighted by atomic mass is 9.95. The van der Waals surface area contributed by atoms with Gasteiger partial charge in [0.2, 0.25) is 0 Å². The summed E-state index contributed by atoms with van der Waals surface area (Å²) in [6.45, 7) is 3.88. The van der Waals surface area contributed by atoms with E-state index in [-0.39, 0.29) is 24.4 Å². The Labute approximate surface area is 116 Å². The third-order valence-corrected chi connectivity index (χ3v) is 3.59. The van der Waals surface area contributed by atoms with E-state index in [1.54, 1.807) is 6.07 Å². The maximum atomic E-state index is 9.84. The fraction of sp³-hybridized carbons (Fsp3) is 0.455. The summed E-state index contributed by atoms with van der Waals surface area (Å²) >= 11 is 9.21. The van der Waals surface area contributed by atoms with E-state index in [0.717, 1.165) is 10.0 Å². The molecule has 0 unspecified atom stereocenters. The number of rotatable bonds is 3. The molecule has 0 amide bonds. The lowest BCUT2D eigenvalue weighted by Crippen LogP contribution is -2.30. The van der Waals surface area contributed by atoms with Crippen LogP contribution in [0.25, 0.3) is 0 Å². The molecule has 16 heavy (non-hydrogen) atoms. The number of hydrogen-bond donors (Lipinski definition) is 2. The molecule has 1 aromatic carbocycles. The van der Waals surface area contributed by atoms with Gasteiger partial charge in [-0.05, 0) is 39.5 Å². The summed E-state index contributed by atoms with van der Waals surface area (Å²) in [5.41, 5.74) is 6.83. The second-order valence-corrected chi connectivity index (χ2v) is 5.20. The molecule has 3 N–H and O–H groups in total. The van der Waals surface area contributed by atoms with Gasteiger partial charge in [-0.1, -0.05) is 31.5 Å². The zero-order valence-corrected chi connectivity index (χ0v) is 12.3. The maximum absolute atomic E-state index is 9.84. The molecule has 0 aliphatic carbocycles. The number of benzene rings is 1. The molecule has 0 aromatic heterocycles. The van der Waals surface area contributed by atoms with Crippen molar-refractivity contribution >= 4 is 39.9 Å². The minimum absolute atomic E-state index is 0. The molecule has 0 fully saturated rings. The van der Waals surface area contributed by atoms with Crippen molar-refractivity contribution in [3.8, 4) is 0 Å². The van der Waals surface area contributed by atoms with E-state index < -0.39 is 6.10 Å². The quantitative estimate of drug-likeness (QED) is 0.891. The van der Waals surface area contributed by atoms with Crippen LogP contribution >= 0.6 is 39.9 Å². The van der Waals surface area contributed by atoms with E-state index in [1.807, 2.05) is 26.0 Å². The Kier molecular flexibility index (Phi) is 6.90. The van der Waals surface area contributed by atoms with Crippen LogP contribution in [0.3, 0.4) is 0 Å². The molecule has 0 saturated heterocycles. The predicted molar refractivity (Wildman–Crippen MR) is 74.2 cm³/mol. The zero-order chi connectivity index (χ0) is 11.6. The first-order valence-electron chi connectivity index (χ1n) is 4.82. The Morgan fingerprint density at radius 1 is 1.38 bits per heavy atom. The van der Waals surface area contributed by atoms with Gasteiger partial charge in [0.25, 0.3) is 0 Å². The summed E-state index contributed by atoms with van der Waals surface area (Å²) in [6, 6.07) is 5.08. The molecule has 92 valence electrons. The van der Waals surface area contributed by atoms with Crippen molar-refractivity contribution in [3.63, 3.8) is 0 Å². The van der Waals surface area contributed by atoms with Crippen molar-refractivity contribution < 1.29 is 5.11 Å². The Morgan fingerprint density at radius 3 is 2.38 bits per heavy atom. The molecule has 0 aliphatic heterocycles. The van der Waals surface area contributed by atoms with Crippen molar-refractivity contribution in [2.45, 2.75) is 26.0 Å². The molecular formula is C11H16BrCl2NO. The van der Waals surface area contributed by atoms with Gasteiger partial charge in [-0.25, -0.2) is 0 Å². The zero-order valence-electron chi connectivity index (χ0n) is 9.15. The molecule has 5 heteroatoms. The third-order valence-electron chi connectivity index (χ3n) is 2.38. The van der Waals surface area contributed by atoms with Crippen LogP contribution in [-0.4, -0.2) is 11.2 Å². The van der Waals surface area contributed by atoms with Crippen LogP contribution in [0.4, 0.5) is 0 Å². The average Bonchev–Trinajstić information content (AvgIpc) is 2.19. The largest absolute Gasteiger partial charge is 0.391 e. The van der Waals surface area contributed by atoms with Crippen molar-refractivity contribution in [2.24, 2.45) is 11.7 Å². The van der Waals surface area contributed by atoms with Crippen LogP contribution in [0.2, 0.25) is 5.02 Å². The number of nitrogens with two attached hydrogens (primary N) is 1. The van der Waals surface area contributed by atoms with E-state index in [4.69, 9.17) is 17.3 Å². The van der Waals surface area contributed by atoms with Gasteiger partial charge in [-0.2, -0.15) is 0 Å². The van der Waals surface area contributed by atoms with Gasteiger partial charge in [0.05, 0.1) is 17.2 Å². The van der Waals surface area contributed by atoms with Gasteiger partial charge >= 0.3 is 0 Å². The van der Waals surface area contributed by atoms with Crippen molar-refractivity contribution in [3.05, 3.63) is 33.3 Å². The highest BCUT2D eigenvalue weighted by atomic mass is 79.9. The van der Waals surface area contributed by atoms with Crippen molar-refractivity contribution in [2.75, 3.05) is 0 Å². The second-order valence-electron chi connectivity index (χ2n) is 3.93. The van der Waals surface area contributed by atoms with E-state index in [2.05, 4.69) is 15.9 Å². The Morgan fingerprint density at radius 2 is 1.94 bits per heavy atom. The molecule has 1 aromatic rings. The van der Waals surface area contributed by atoms with Crippen LogP contribution in [-0.2, 0) is 0 Å². The first-order chi connectivity index (χ1) is 6.93. The highest BCUT2D eigenvalue weighted by Gasteiger charge is 2.20. The van der Waals surface area contributed by atoms with Crippen molar-refractivity contribution in [1.82, 2.24) is 0 Å². The third kappa shape index (κ3) is 3.90. The van der Waals surface area contributed by atoms with Crippen LogP contribution in [0.15, 0.2) is 22.7 Å². The van der Waals surface area contributed by atoms with Gasteiger partial charge < -0.3 is 10.8 Å². The normalized spacial score (nSPS) is 14.4. The highest BCUT2D eigenvalue weighted by Crippen LogP contribution is 2.27. The molecule has 0 saturated carbocycles. The first-order valence-corrected chi connectivity index (χ1v) is 5.99. The first kappa shape index (κ1) is 16.2. The van der Waals surface area contributed by atoms with Crippen molar-refractivity contribution in [1.29, 1.82) is 0 Å². The topological polar surface area (TPSA) is 46.2 Å². The molecule has 2 atom stereocenters. The molecule has 1 rings (SSSR count). The van der Waals surface area contributed by atoms with E-state index in [9.17, 15) is 5.11 Å². The van der Waals surface area contributed by atoms with Gasteiger partial charge in [-0.3, -0.25) is 0 Å². The monoisotopic (exact) mass is 327 g/mol. The second kappa shape index (κ2) is 6.82. The Balaban J connectivity index is 0.00000225. The number of aliphatic hydroxyl groups is 1. The minimum atomic E-state index is -0.543. The summed E-state index contributed by atoms with van der Waals surface area (Å²) < 4.78 is 0.799. The van der Waals surface area contributed by atoms with Gasteiger partial charge in [-0.15, -0.1) is 12.4 Å². The van der Waals surface area contributed by atoms with Gasteiger partial charge in [0.1, 0.15) is 0 Å². The summed E-state index contributed by atoms with van der Waals surface area (Å²) in [5, 5.41) is 10.5. The number of aliphatic hydroxyl groups excluding tert-OH is 1. The van der Waals surface area contributed by atoms with Gasteiger partial charge in [0.15, 0.2) is 0 Å². The van der Waals surface area contributed by atoms with E-state index >= 15 is 0 Å². The van der Waals surface area contributed by atoms with Crippen LogP contribution in [0.5, 0.6) is 0 Å². The maximum Gasteiger partial charge on any atom is 0.0755 e. The molecular weight excluding hydrogens is 313 g/mol. The van der Waals surface area contributed by atoms with E-state index in [0.29, 0.717) is 5.02 Å². The fourth-order valence-corrected chi connectivity index (χ4v) is 1.85. The van der Waals surface area contributed by atoms with Gasteiger partial charge in [0, 0.05) is 4.47 Å². The molecule has 0 heterocycles. The molecule has 0 bridgehead atoms. The van der Waals surface area contributed by atoms with Crippen LogP contribution in [0.1, 0.15) is 25.5 Å². The van der Waals surface area contributed by atoms with E-state index in [1.165, 1.54) is 0 Å². The molecule has 0 spiro atoms. The summed E-state index contributed by atoms with van der Waals surface area (Å²) in [5.74, 6) is 0.134. The predicted octanol–water partition coefficient (Wildman–Crippen LogP) is 3.54. The molecule has 0 aliphatic rings. The fourth-order valence-electron chi connectivity index (χ4n) is 1.33. The summed E-state index contributed by atoms with van der Waals surface area (Å²) in [4.78, 5) is 0. The summed E-state index contributed by atoms with van der Waals surface area (Å²) in [7, 11) is 0.